The van der Waals surface area contributed by atoms with Gasteiger partial charge in [0.25, 0.3) is 0 Å². The normalized spacial score (nSPS) is 29.6. The first kappa shape index (κ1) is 27.4. The molecule has 1 aromatic carbocycles. The Morgan fingerprint density at radius 1 is 0.778 bits per heavy atom. The lowest BCUT2D eigenvalue weighted by atomic mass is 9.66. The molecule has 0 bridgehead atoms. The molecule has 3 aliphatic rings. The van der Waals surface area contributed by atoms with Gasteiger partial charge < -0.3 is 4.74 Å². The van der Waals surface area contributed by atoms with Gasteiger partial charge in [-0.1, -0.05) is 31.4 Å². The van der Waals surface area contributed by atoms with E-state index in [1.807, 2.05) is 0 Å². The lowest BCUT2D eigenvalue weighted by Crippen LogP contribution is -2.38. The average Bonchev–Trinajstić information content (AvgIpc) is 2.88. The minimum Gasteiger partial charge on any atom is -0.432 e. The molecule has 1 unspecified atom stereocenters. The Balaban J connectivity index is 1.20. The standard InChI is InChI=1S/C30H41F5O/c1-2-3-4-5-20-6-8-21(9-7-20)22-10-12-23(13-11-22)24-14-16-25(17-15-24)30(34,35)36-26-18-27(31)29(33)28(32)19-26/h6,18-19,21-25H,2-5,7-17H2,1H3. The van der Waals surface area contributed by atoms with E-state index >= 15 is 0 Å². The van der Waals surface area contributed by atoms with Gasteiger partial charge in [-0.05, 0) is 107 Å². The highest BCUT2D eigenvalue weighted by Crippen LogP contribution is 2.47. The zero-order valence-corrected chi connectivity index (χ0v) is 21.5. The molecule has 0 aromatic heterocycles. The summed E-state index contributed by atoms with van der Waals surface area (Å²) in [6, 6.07) is 0.956. The van der Waals surface area contributed by atoms with E-state index in [9.17, 15) is 22.0 Å². The van der Waals surface area contributed by atoms with Crippen LogP contribution in [-0.4, -0.2) is 6.11 Å². The van der Waals surface area contributed by atoms with Crippen molar-refractivity contribution < 1.29 is 26.7 Å². The van der Waals surface area contributed by atoms with Crippen molar-refractivity contribution in [2.24, 2.45) is 29.6 Å². The summed E-state index contributed by atoms with van der Waals surface area (Å²) in [4.78, 5) is 0. The topological polar surface area (TPSA) is 9.23 Å². The van der Waals surface area contributed by atoms with Gasteiger partial charge in [0.1, 0.15) is 5.75 Å². The molecule has 0 heterocycles. The number of alkyl halides is 2. The minimum absolute atomic E-state index is 0.331. The van der Waals surface area contributed by atoms with Crippen LogP contribution in [-0.2, 0) is 0 Å². The first-order valence-corrected chi connectivity index (χ1v) is 14.2. The van der Waals surface area contributed by atoms with Gasteiger partial charge in [-0.15, -0.1) is 0 Å². The van der Waals surface area contributed by atoms with Crippen molar-refractivity contribution >= 4 is 0 Å². The van der Waals surface area contributed by atoms with Crippen LogP contribution in [0.2, 0.25) is 0 Å². The fourth-order valence-corrected chi connectivity index (χ4v) is 7.01. The molecule has 36 heavy (non-hydrogen) atoms. The number of unbranched alkanes of at least 4 members (excludes halogenated alkanes) is 2. The van der Waals surface area contributed by atoms with Crippen LogP contribution in [0.4, 0.5) is 22.0 Å². The van der Waals surface area contributed by atoms with Crippen molar-refractivity contribution in [3.8, 4) is 5.75 Å². The molecule has 2 saturated carbocycles. The molecule has 1 nitrogen and oxygen atoms in total. The average molecular weight is 513 g/mol. The summed E-state index contributed by atoms with van der Waals surface area (Å²) in [5.74, 6) is -3.73. The zero-order chi connectivity index (χ0) is 25.7. The maximum Gasteiger partial charge on any atom is 0.400 e. The number of hydrogen-bond donors (Lipinski definition) is 0. The van der Waals surface area contributed by atoms with Crippen LogP contribution in [0.15, 0.2) is 23.8 Å². The smallest absolute Gasteiger partial charge is 0.400 e. The van der Waals surface area contributed by atoms with Crippen molar-refractivity contribution in [1.82, 2.24) is 0 Å². The highest BCUT2D eigenvalue weighted by molar-refractivity contribution is 5.25. The van der Waals surface area contributed by atoms with Crippen molar-refractivity contribution in [3.63, 3.8) is 0 Å². The number of halogens is 5. The molecule has 6 heteroatoms. The van der Waals surface area contributed by atoms with Gasteiger partial charge in [-0.25, -0.2) is 13.2 Å². The van der Waals surface area contributed by atoms with Gasteiger partial charge in [0.2, 0.25) is 0 Å². The third-order valence-corrected chi connectivity index (χ3v) is 9.26. The predicted octanol–water partition coefficient (Wildman–Crippen LogP) is 10.00. The third-order valence-electron chi connectivity index (χ3n) is 9.26. The first-order chi connectivity index (χ1) is 17.3. The van der Waals surface area contributed by atoms with Crippen LogP contribution in [0, 0.1) is 47.0 Å². The number of allylic oxidation sites excluding steroid dienone is 2. The Labute approximate surface area is 212 Å². The quantitative estimate of drug-likeness (QED) is 0.138. The van der Waals surface area contributed by atoms with E-state index in [1.165, 1.54) is 70.6 Å². The molecule has 0 aliphatic heterocycles. The molecule has 2 fully saturated rings. The van der Waals surface area contributed by atoms with E-state index in [1.54, 1.807) is 5.57 Å². The molecule has 3 aliphatic carbocycles. The summed E-state index contributed by atoms with van der Waals surface area (Å²) in [5.41, 5.74) is 1.67. The molecular formula is C30H41F5O. The van der Waals surface area contributed by atoms with Gasteiger partial charge in [-0.3, -0.25) is 0 Å². The Hall–Kier alpha value is -1.59. The van der Waals surface area contributed by atoms with Crippen LogP contribution in [0.25, 0.3) is 0 Å². The van der Waals surface area contributed by atoms with E-state index in [2.05, 4.69) is 17.7 Å². The second-order valence-electron chi connectivity index (χ2n) is 11.5. The van der Waals surface area contributed by atoms with Crippen molar-refractivity contribution in [2.45, 2.75) is 109 Å². The van der Waals surface area contributed by atoms with Crippen molar-refractivity contribution in [1.29, 1.82) is 0 Å². The van der Waals surface area contributed by atoms with Gasteiger partial charge in [-0.2, -0.15) is 8.78 Å². The van der Waals surface area contributed by atoms with E-state index in [4.69, 9.17) is 0 Å². The summed E-state index contributed by atoms with van der Waals surface area (Å²) in [6.07, 6.45) is 15.1. The summed E-state index contributed by atoms with van der Waals surface area (Å²) < 4.78 is 74.0. The SMILES string of the molecule is CCCCCC1=CCC(C2CCC(C3CCC(C(F)(F)Oc4cc(F)c(F)c(F)c4)CC3)CC2)CC1. The maximum absolute atomic E-state index is 14.7. The summed E-state index contributed by atoms with van der Waals surface area (Å²) >= 11 is 0. The fraction of sp³-hybridized carbons (Fsp3) is 0.733. The zero-order valence-electron chi connectivity index (χ0n) is 21.5. The van der Waals surface area contributed by atoms with E-state index in [0.29, 0.717) is 36.8 Å². The number of hydrogen-bond acceptors (Lipinski definition) is 1. The molecule has 0 saturated heterocycles. The monoisotopic (exact) mass is 512 g/mol. The molecule has 0 amide bonds. The van der Waals surface area contributed by atoms with Gasteiger partial charge in [0, 0.05) is 12.1 Å². The molecule has 4 rings (SSSR count). The summed E-state index contributed by atoms with van der Waals surface area (Å²) in [7, 11) is 0. The third kappa shape index (κ3) is 6.83. The number of rotatable bonds is 9. The van der Waals surface area contributed by atoms with Crippen LogP contribution in [0.1, 0.15) is 103 Å². The molecule has 0 N–H and O–H groups in total. The van der Waals surface area contributed by atoms with Gasteiger partial charge >= 0.3 is 6.11 Å². The van der Waals surface area contributed by atoms with Gasteiger partial charge in [0.15, 0.2) is 17.5 Å². The molecule has 0 radical (unpaired) electrons. The fourth-order valence-electron chi connectivity index (χ4n) is 7.01. The van der Waals surface area contributed by atoms with E-state index in [-0.39, 0.29) is 0 Å². The predicted molar refractivity (Wildman–Crippen MR) is 132 cm³/mol. The van der Waals surface area contributed by atoms with E-state index < -0.39 is 35.2 Å². The summed E-state index contributed by atoms with van der Waals surface area (Å²) in [6.45, 7) is 2.25. The molecule has 1 aromatic rings. The molecular weight excluding hydrogens is 471 g/mol. The van der Waals surface area contributed by atoms with Crippen LogP contribution in [0.5, 0.6) is 5.75 Å². The largest absolute Gasteiger partial charge is 0.432 e. The maximum atomic E-state index is 14.7. The van der Waals surface area contributed by atoms with Crippen LogP contribution < -0.4 is 4.74 Å². The second-order valence-corrected chi connectivity index (χ2v) is 11.5. The lowest BCUT2D eigenvalue weighted by Gasteiger charge is -2.41. The lowest BCUT2D eigenvalue weighted by molar-refractivity contribution is -0.224. The van der Waals surface area contributed by atoms with Gasteiger partial charge in [0.05, 0.1) is 5.92 Å². The Bertz CT molecular complexity index is 858. The van der Waals surface area contributed by atoms with Crippen LogP contribution in [0.3, 0.4) is 0 Å². The van der Waals surface area contributed by atoms with Crippen molar-refractivity contribution in [2.75, 3.05) is 0 Å². The van der Waals surface area contributed by atoms with Crippen LogP contribution >= 0.6 is 0 Å². The highest BCUT2D eigenvalue weighted by Gasteiger charge is 2.45. The highest BCUT2D eigenvalue weighted by atomic mass is 19.3. The number of ether oxygens (including phenoxy) is 1. The molecule has 202 valence electrons. The molecule has 1 atom stereocenters. The Morgan fingerprint density at radius 3 is 1.86 bits per heavy atom. The Kier molecular flexibility index (Phi) is 9.38. The summed E-state index contributed by atoms with van der Waals surface area (Å²) in [5, 5.41) is 0. The van der Waals surface area contributed by atoms with E-state index in [0.717, 1.165) is 24.7 Å². The molecule has 0 spiro atoms. The second kappa shape index (κ2) is 12.3. The first-order valence-electron chi connectivity index (χ1n) is 14.2. The minimum atomic E-state index is -3.54. The van der Waals surface area contributed by atoms with Crippen molar-refractivity contribution in [3.05, 3.63) is 41.2 Å². The Morgan fingerprint density at radius 2 is 1.33 bits per heavy atom. The number of benzene rings is 1.